The summed E-state index contributed by atoms with van der Waals surface area (Å²) in [4.78, 5) is 20.1. The van der Waals surface area contributed by atoms with E-state index in [1.54, 1.807) is 0 Å². The quantitative estimate of drug-likeness (QED) is 0.367. The normalized spacial score (nSPS) is 10.7. The van der Waals surface area contributed by atoms with Crippen molar-refractivity contribution in [2.45, 2.75) is 0 Å². The van der Waals surface area contributed by atoms with Gasteiger partial charge in [0.25, 0.3) is 0 Å². The third kappa shape index (κ3) is 3.90. The van der Waals surface area contributed by atoms with Crippen molar-refractivity contribution in [2.75, 3.05) is 7.11 Å². The average Bonchev–Trinajstić information content (AvgIpc) is 1.87. The highest BCUT2D eigenvalue weighted by Gasteiger charge is 1.94. The van der Waals surface area contributed by atoms with Gasteiger partial charge in [0.05, 0.1) is 11.6 Å². The van der Waals surface area contributed by atoms with Crippen LogP contribution in [0.25, 0.3) is 0 Å². The number of ether oxygens (including phenoxy) is 1. The molecule has 0 aliphatic heterocycles. The molecule has 3 nitrogen and oxygen atoms in total. The van der Waals surface area contributed by atoms with Gasteiger partial charge in [0.1, 0.15) is 0 Å². The Hall–Kier alpha value is -0.640. The van der Waals surface area contributed by atoms with Crippen molar-refractivity contribution in [1.82, 2.24) is 0 Å². The molecule has 0 atom stereocenters. The Balaban J connectivity index is 3.94. The van der Waals surface area contributed by atoms with Gasteiger partial charge in [0, 0.05) is 6.08 Å². The topological polar surface area (TPSA) is 43.4 Å². The van der Waals surface area contributed by atoms with Crippen molar-refractivity contribution in [3.8, 4) is 0 Å². The van der Waals surface area contributed by atoms with Crippen molar-refractivity contribution >= 4 is 28.2 Å². The number of allylic oxidation sites excluding steroid dienone is 1. The van der Waals surface area contributed by atoms with Gasteiger partial charge in [-0.3, -0.25) is 4.79 Å². The van der Waals surface area contributed by atoms with Gasteiger partial charge >= 0.3 is 5.97 Å². The van der Waals surface area contributed by atoms with Crippen molar-refractivity contribution < 1.29 is 14.3 Å². The summed E-state index contributed by atoms with van der Waals surface area (Å²) in [6, 6.07) is 0. The minimum Gasteiger partial charge on any atom is -0.466 e. The highest BCUT2D eigenvalue weighted by Crippen LogP contribution is 1.98. The second-order valence-corrected chi connectivity index (χ2v) is 2.09. The summed E-state index contributed by atoms with van der Waals surface area (Å²) in [5.41, 5.74) is 0. The molecular formula is C5H5BrO3. The number of carbonyl (C=O) groups excluding carboxylic acids is 2. The van der Waals surface area contributed by atoms with Crippen LogP contribution in [-0.2, 0) is 14.3 Å². The lowest BCUT2D eigenvalue weighted by Crippen LogP contribution is -1.94. The van der Waals surface area contributed by atoms with E-state index in [0.717, 1.165) is 6.08 Å². The Bertz CT molecular complexity index is 150. The van der Waals surface area contributed by atoms with Crippen LogP contribution in [0.3, 0.4) is 0 Å². The van der Waals surface area contributed by atoms with Crippen LogP contribution < -0.4 is 0 Å². The van der Waals surface area contributed by atoms with Crippen molar-refractivity contribution in [2.24, 2.45) is 0 Å². The predicted octanol–water partition coefficient (Wildman–Crippen LogP) is 0.637. The number of esters is 1. The van der Waals surface area contributed by atoms with E-state index in [0.29, 0.717) is 6.29 Å². The summed E-state index contributed by atoms with van der Waals surface area (Å²) in [6.07, 6.45) is 1.56. The molecule has 0 saturated carbocycles. The Morgan fingerprint density at radius 3 is 2.56 bits per heavy atom. The molecule has 0 rings (SSSR count). The van der Waals surface area contributed by atoms with Gasteiger partial charge in [-0.15, -0.1) is 0 Å². The maximum atomic E-state index is 10.3. The van der Waals surface area contributed by atoms with Crippen molar-refractivity contribution in [3.63, 3.8) is 0 Å². The first-order valence-electron chi connectivity index (χ1n) is 2.11. The highest BCUT2D eigenvalue weighted by molar-refractivity contribution is 9.12. The fraction of sp³-hybridized carbons (Fsp3) is 0.200. The summed E-state index contributed by atoms with van der Waals surface area (Å²) in [5.74, 6) is -0.547. The summed E-state index contributed by atoms with van der Waals surface area (Å²) in [5, 5.41) is 0. The first kappa shape index (κ1) is 8.36. The lowest BCUT2D eigenvalue weighted by molar-refractivity contribution is -0.135. The van der Waals surface area contributed by atoms with Gasteiger partial charge in [-0.2, -0.15) is 0 Å². The smallest absolute Gasteiger partial charge is 0.331 e. The molecule has 0 bridgehead atoms. The lowest BCUT2D eigenvalue weighted by Gasteiger charge is -1.87. The van der Waals surface area contributed by atoms with E-state index in [9.17, 15) is 9.59 Å². The molecule has 0 aliphatic rings. The van der Waals surface area contributed by atoms with E-state index in [-0.39, 0.29) is 4.48 Å². The van der Waals surface area contributed by atoms with Crippen LogP contribution in [0.2, 0.25) is 0 Å². The molecule has 0 aromatic heterocycles. The van der Waals surface area contributed by atoms with Gasteiger partial charge in [0.2, 0.25) is 0 Å². The maximum absolute atomic E-state index is 10.3. The van der Waals surface area contributed by atoms with Crippen LogP contribution in [0.4, 0.5) is 0 Å². The molecule has 0 fully saturated rings. The zero-order chi connectivity index (χ0) is 7.28. The largest absolute Gasteiger partial charge is 0.466 e. The van der Waals surface area contributed by atoms with Crippen LogP contribution in [0.5, 0.6) is 0 Å². The number of methoxy groups -OCH3 is 1. The summed E-state index contributed by atoms with van der Waals surface area (Å²) in [7, 11) is 1.24. The van der Waals surface area contributed by atoms with Crippen LogP contribution in [-0.4, -0.2) is 19.4 Å². The standard InChI is InChI=1S/C5H5BrO3/c1-9-5(8)2-4(6)3-7/h2-3H,1H3/b4-2-. The number of halogens is 1. The highest BCUT2D eigenvalue weighted by atomic mass is 79.9. The second-order valence-electron chi connectivity index (χ2n) is 1.17. The molecule has 0 saturated heterocycles. The summed E-state index contributed by atoms with van der Waals surface area (Å²) >= 11 is 2.81. The lowest BCUT2D eigenvalue weighted by atomic mass is 10.5. The van der Waals surface area contributed by atoms with Gasteiger partial charge in [-0.05, 0) is 15.9 Å². The Morgan fingerprint density at radius 2 is 2.22 bits per heavy atom. The fourth-order valence-corrected chi connectivity index (χ4v) is 0.392. The minimum absolute atomic E-state index is 0.175. The van der Waals surface area contributed by atoms with Crippen LogP contribution in [0.15, 0.2) is 10.6 Å². The molecule has 0 aromatic rings. The molecular weight excluding hydrogens is 188 g/mol. The molecule has 0 unspecified atom stereocenters. The molecule has 0 heterocycles. The van der Waals surface area contributed by atoms with Gasteiger partial charge in [-0.25, -0.2) is 4.79 Å². The van der Waals surface area contributed by atoms with E-state index in [4.69, 9.17) is 0 Å². The molecule has 0 amide bonds. The van der Waals surface area contributed by atoms with E-state index in [1.807, 2.05) is 0 Å². The van der Waals surface area contributed by atoms with Crippen molar-refractivity contribution in [1.29, 1.82) is 0 Å². The molecule has 9 heavy (non-hydrogen) atoms. The molecule has 0 aromatic carbocycles. The third-order valence-electron chi connectivity index (χ3n) is 0.570. The third-order valence-corrected chi connectivity index (χ3v) is 0.985. The molecule has 0 aliphatic carbocycles. The Labute approximate surface area is 60.8 Å². The second kappa shape index (κ2) is 4.26. The maximum Gasteiger partial charge on any atom is 0.331 e. The van der Waals surface area contributed by atoms with Crippen LogP contribution in [0, 0.1) is 0 Å². The number of hydrogen-bond acceptors (Lipinski definition) is 3. The first-order chi connectivity index (χ1) is 4.20. The number of carbonyl (C=O) groups is 2. The van der Waals surface area contributed by atoms with Crippen molar-refractivity contribution in [3.05, 3.63) is 10.6 Å². The molecule has 0 N–H and O–H groups in total. The van der Waals surface area contributed by atoms with E-state index >= 15 is 0 Å². The summed E-state index contributed by atoms with van der Waals surface area (Å²) < 4.78 is 4.39. The first-order valence-corrected chi connectivity index (χ1v) is 2.90. The minimum atomic E-state index is -0.547. The monoisotopic (exact) mass is 192 g/mol. The summed E-state index contributed by atoms with van der Waals surface area (Å²) in [6.45, 7) is 0. The molecule has 0 spiro atoms. The van der Waals surface area contributed by atoms with E-state index in [1.165, 1.54) is 7.11 Å². The van der Waals surface area contributed by atoms with Crippen LogP contribution >= 0.6 is 15.9 Å². The van der Waals surface area contributed by atoms with E-state index < -0.39 is 5.97 Å². The fourth-order valence-electron chi connectivity index (χ4n) is 0.206. The molecule has 4 heteroatoms. The SMILES string of the molecule is COC(=O)/C=C(\Br)C=O. The number of rotatable bonds is 2. The Morgan fingerprint density at radius 1 is 1.67 bits per heavy atom. The molecule has 0 radical (unpaired) electrons. The van der Waals surface area contributed by atoms with Gasteiger partial charge < -0.3 is 4.74 Å². The predicted molar refractivity (Wildman–Crippen MR) is 35.1 cm³/mol. The van der Waals surface area contributed by atoms with E-state index in [2.05, 4.69) is 20.7 Å². The number of aldehydes is 1. The number of hydrogen-bond donors (Lipinski definition) is 0. The zero-order valence-corrected chi connectivity index (χ0v) is 6.34. The zero-order valence-electron chi connectivity index (χ0n) is 4.76. The van der Waals surface area contributed by atoms with Gasteiger partial charge in [-0.1, -0.05) is 0 Å². The van der Waals surface area contributed by atoms with Gasteiger partial charge in [0.15, 0.2) is 6.29 Å². The molecule has 50 valence electrons. The van der Waals surface area contributed by atoms with Crippen LogP contribution in [0.1, 0.15) is 0 Å². The average molecular weight is 193 g/mol. The Kier molecular flexibility index (Phi) is 3.96.